The maximum atomic E-state index is 12.8. The first-order valence-corrected chi connectivity index (χ1v) is 8.72. The van der Waals surface area contributed by atoms with Crippen molar-refractivity contribution in [2.75, 3.05) is 23.3 Å². The lowest BCUT2D eigenvalue weighted by Crippen LogP contribution is -2.24. The van der Waals surface area contributed by atoms with Crippen molar-refractivity contribution in [3.63, 3.8) is 0 Å². The quantitative estimate of drug-likeness (QED) is 0.875. The Bertz CT molecular complexity index is 866. The second-order valence-corrected chi connectivity index (χ2v) is 6.76. The van der Waals surface area contributed by atoms with Gasteiger partial charge in [0.1, 0.15) is 5.82 Å². The summed E-state index contributed by atoms with van der Waals surface area (Å²) in [6.07, 6.45) is 10.1. The van der Waals surface area contributed by atoms with Gasteiger partial charge in [-0.2, -0.15) is 0 Å². The van der Waals surface area contributed by atoms with E-state index < -0.39 is 0 Å². The topological polar surface area (TPSA) is 61.4 Å². The number of rotatable bonds is 3. The minimum atomic E-state index is -0.110. The Morgan fingerprint density at radius 3 is 2.68 bits per heavy atom. The standard InChI is InChI=1S/C19H19N5O/c25-19-15-4-3-8-20-17(15)24(14-5-6-14)18-16(22-19)13(7-9-21-18)12-23-10-1-2-11-23/h1-4,7-9,14H,5-6,10-12H2,(H,22,25). The molecule has 0 atom stereocenters. The van der Waals surface area contributed by atoms with E-state index in [9.17, 15) is 4.79 Å². The Kier molecular flexibility index (Phi) is 3.31. The van der Waals surface area contributed by atoms with Gasteiger partial charge in [0.25, 0.3) is 5.91 Å². The molecule has 0 aromatic carbocycles. The molecule has 2 aliphatic heterocycles. The fraction of sp³-hybridized carbons (Fsp3) is 0.316. The van der Waals surface area contributed by atoms with Crippen LogP contribution in [0.4, 0.5) is 17.3 Å². The van der Waals surface area contributed by atoms with Crippen LogP contribution in [0.2, 0.25) is 0 Å². The lowest BCUT2D eigenvalue weighted by atomic mass is 10.2. The van der Waals surface area contributed by atoms with Gasteiger partial charge in [-0.25, -0.2) is 9.97 Å². The molecule has 25 heavy (non-hydrogen) atoms. The van der Waals surface area contributed by atoms with E-state index in [-0.39, 0.29) is 5.91 Å². The summed E-state index contributed by atoms with van der Waals surface area (Å²) in [4.78, 5) is 26.4. The monoisotopic (exact) mass is 333 g/mol. The molecule has 0 spiro atoms. The van der Waals surface area contributed by atoms with Gasteiger partial charge in [0.05, 0.1) is 11.3 Å². The lowest BCUT2D eigenvalue weighted by molar-refractivity contribution is 0.102. The fourth-order valence-corrected chi connectivity index (χ4v) is 3.56. The molecule has 0 saturated heterocycles. The first kappa shape index (κ1) is 14.6. The minimum absolute atomic E-state index is 0.110. The van der Waals surface area contributed by atoms with Crippen LogP contribution in [0, 0.1) is 0 Å². The van der Waals surface area contributed by atoms with Crippen LogP contribution < -0.4 is 10.2 Å². The van der Waals surface area contributed by atoms with Crippen LogP contribution in [0.3, 0.4) is 0 Å². The molecule has 1 N–H and O–H groups in total. The fourth-order valence-electron chi connectivity index (χ4n) is 3.56. The molecule has 1 fully saturated rings. The summed E-state index contributed by atoms with van der Waals surface area (Å²) in [5, 5.41) is 3.10. The van der Waals surface area contributed by atoms with E-state index in [2.05, 4.69) is 37.2 Å². The van der Waals surface area contributed by atoms with Gasteiger partial charge in [-0.15, -0.1) is 0 Å². The van der Waals surface area contributed by atoms with E-state index in [0.717, 1.165) is 49.5 Å². The Morgan fingerprint density at radius 1 is 1.08 bits per heavy atom. The zero-order valence-corrected chi connectivity index (χ0v) is 13.9. The Balaban J connectivity index is 1.63. The predicted molar refractivity (Wildman–Crippen MR) is 96.0 cm³/mol. The summed E-state index contributed by atoms with van der Waals surface area (Å²) in [5.41, 5.74) is 2.53. The number of amides is 1. The van der Waals surface area contributed by atoms with E-state index in [1.54, 1.807) is 6.20 Å². The molecular formula is C19H19N5O. The number of fused-ring (bicyclic) bond motifs is 2. The average molecular weight is 333 g/mol. The molecule has 4 heterocycles. The first-order chi connectivity index (χ1) is 12.3. The van der Waals surface area contributed by atoms with Crippen LogP contribution in [0.5, 0.6) is 0 Å². The highest BCUT2D eigenvalue weighted by atomic mass is 16.1. The molecule has 3 aliphatic rings. The third kappa shape index (κ3) is 2.49. The lowest BCUT2D eigenvalue weighted by Gasteiger charge is -2.25. The van der Waals surface area contributed by atoms with E-state index >= 15 is 0 Å². The number of nitrogens with one attached hydrogen (secondary N) is 1. The molecule has 1 amide bonds. The molecule has 0 radical (unpaired) electrons. The van der Waals surface area contributed by atoms with Crippen molar-refractivity contribution in [1.29, 1.82) is 0 Å². The third-order valence-corrected chi connectivity index (χ3v) is 4.94. The zero-order chi connectivity index (χ0) is 16.8. The van der Waals surface area contributed by atoms with Gasteiger partial charge >= 0.3 is 0 Å². The zero-order valence-electron chi connectivity index (χ0n) is 13.9. The van der Waals surface area contributed by atoms with Crippen LogP contribution >= 0.6 is 0 Å². The highest BCUT2D eigenvalue weighted by Gasteiger charge is 2.38. The molecule has 0 unspecified atom stereocenters. The van der Waals surface area contributed by atoms with Crippen LogP contribution in [-0.4, -0.2) is 39.9 Å². The molecule has 5 rings (SSSR count). The van der Waals surface area contributed by atoms with Crippen molar-refractivity contribution >= 4 is 23.2 Å². The number of hydrogen-bond donors (Lipinski definition) is 1. The third-order valence-electron chi connectivity index (χ3n) is 4.94. The number of carbonyl (C=O) groups excluding carboxylic acids is 1. The van der Waals surface area contributed by atoms with Gasteiger partial charge in [0.2, 0.25) is 0 Å². The summed E-state index contributed by atoms with van der Waals surface area (Å²) < 4.78 is 0. The van der Waals surface area contributed by atoms with Gasteiger partial charge in [-0.1, -0.05) is 12.2 Å². The van der Waals surface area contributed by atoms with Crippen molar-refractivity contribution in [1.82, 2.24) is 14.9 Å². The van der Waals surface area contributed by atoms with E-state index in [1.165, 1.54) is 0 Å². The summed E-state index contributed by atoms with van der Waals surface area (Å²) in [6, 6.07) is 6.02. The van der Waals surface area contributed by atoms with Crippen LogP contribution in [-0.2, 0) is 6.54 Å². The molecule has 0 bridgehead atoms. The van der Waals surface area contributed by atoms with Crippen LogP contribution in [0.15, 0.2) is 42.7 Å². The van der Waals surface area contributed by atoms with Crippen molar-refractivity contribution in [3.05, 3.63) is 53.9 Å². The second-order valence-electron chi connectivity index (χ2n) is 6.76. The number of aromatic nitrogens is 2. The maximum absolute atomic E-state index is 12.8. The number of nitrogens with zero attached hydrogens (tertiary/aromatic N) is 4. The number of pyridine rings is 2. The first-order valence-electron chi connectivity index (χ1n) is 8.72. The molecule has 6 nitrogen and oxygen atoms in total. The van der Waals surface area contributed by atoms with Crippen LogP contribution in [0.25, 0.3) is 0 Å². The number of anilines is 3. The van der Waals surface area contributed by atoms with Gasteiger partial charge in [-0.05, 0) is 36.6 Å². The molecule has 6 heteroatoms. The smallest absolute Gasteiger partial charge is 0.259 e. The summed E-state index contributed by atoms with van der Waals surface area (Å²) in [5.74, 6) is 1.42. The molecular weight excluding hydrogens is 314 g/mol. The van der Waals surface area contributed by atoms with Gasteiger partial charge in [-0.3, -0.25) is 9.69 Å². The summed E-state index contributed by atoms with van der Waals surface area (Å²) in [6.45, 7) is 2.68. The van der Waals surface area contributed by atoms with Gasteiger partial charge in [0, 0.05) is 38.1 Å². The number of carbonyl (C=O) groups is 1. The normalized spacial score (nSPS) is 19.4. The maximum Gasteiger partial charge on any atom is 0.259 e. The van der Waals surface area contributed by atoms with Crippen molar-refractivity contribution in [2.45, 2.75) is 25.4 Å². The van der Waals surface area contributed by atoms with E-state index in [4.69, 9.17) is 0 Å². The van der Waals surface area contributed by atoms with Crippen molar-refractivity contribution < 1.29 is 4.79 Å². The van der Waals surface area contributed by atoms with Crippen molar-refractivity contribution in [2.24, 2.45) is 0 Å². The number of hydrogen-bond acceptors (Lipinski definition) is 5. The molecule has 2 aromatic heterocycles. The summed E-state index contributed by atoms with van der Waals surface area (Å²) in [7, 11) is 0. The SMILES string of the molecule is O=C1Nc2c(CN3CC=CC3)ccnc2N(C2CC2)c2ncccc21. The Hall–Kier alpha value is -2.73. The van der Waals surface area contributed by atoms with Crippen LogP contribution in [0.1, 0.15) is 28.8 Å². The highest BCUT2D eigenvalue weighted by Crippen LogP contribution is 2.44. The van der Waals surface area contributed by atoms with E-state index in [0.29, 0.717) is 17.4 Å². The van der Waals surface area contributed by atoms with E-state index in [1.807, 2.05) is 24.4 Å². The Labute approximate surface area is 146 Å². The molecule has 2 aromatic rings. The Morgan fingerprint density at radius 2 is 1.88 bits per heavy atom. The van der Waals surface area contributed by atoms with Crippen molar-refractivity contribution in [3.8, 4) is 0 Å². The largest absolute Gasteiger partial charge is 0.318 e. The molecule has 1 aliphatic carbocycles. The molecule has 1 saturated carbocycles. The summed E-state index contributed by atoms with van der Waals surface area (Å²) >= 11 is 0. The van der Waals surface area contributed by atoms with Gasteiger partial charge in [0.15, 0.2) is 5.82 Å². The van der Waals surface area contributed by atoms with Gasteiger partial charge < -0.3 is 10.2 Å². The molecule has 126 valence electrons. The minimum Gasteiger partial charge on any atom is -0.318 e. The second kappa shape index (κ2) is 5.67. The average Bonchev–Trinajstić information content (AvgIpc) is 3.35. The predicted octanol–water partition coefficient (Wildman–Crippen LogP) is 2.71. The highest BCUT2D eigenvalue weighted by molar-refractivity contribution is 6.11.